The van der Waals surface area contributed by atoms with E-state index in [0.717, 1.165) is 33.4 Å². The summed E-state index contributed by atoms with van der Waals surface area (Å²) < 4.78 is 37.3. The molecule has 390 valence electrons. The smallest absolute Gasteiger partial charge is 0.410 e. The number of benzene rings is 4. The number of nitrogens with zero attached hydrogens (tertiary/aromatic N) is 3. The topological polar surface area (TPSA) is 221 Å². The van der Waals surface area contributed by atoms with Crippen molar-refractivity contribution in [1.82, 2.24) is 20.0 Å². The molecule has 0 radical (unpaired) electrons. The lowest BCUT2D eigenvalue weighted by molar-refractivity contribution is -0.0116. The molecule has 72 heavy (non-hydrogen) atoms. The van der Waals surface area contributed by atoms with Gasteiger partial charge in [0.1, 0.15) is 28.5 Å². The van der Waals surface area contributed by atoms with E-state index in [4.69, 9.17) is 38.9 Å². The Kier molecular flexibility index (Phi) is 18.5. The fourth-order valence-electron chi connectivity index (χ4n) is 8.71. The first kappa shape index (κ1) is 54.9. The molecule has 0 bridgehead atoms. The van der Waals surface area contributed by atoms with E-state index in [-0.39, 0.29) is 45.0 Å². The first-order valence-corrected chi connectivity index (χ1v) is 24.1. The molecule has 7 rings (SSSR count). The maximum atomic E-state index is 13.3. The molecule has 4 aromatic rings. The third kappa shape index (κ3) is 14.6. The number of rotatable bonds is 14. The Labute approximate surface area is 422 Å². The fraction of sp³-hybridized carbons (Fsp3) is 0.481. The lowest BCUT2D eigenvalue weighted by Gasteiger charge is -2.40. The second-order valence-corrected chi connectivity index (χ2v) is 20.0. The second kappa shape index (κ2) is 24.3. The van der Waals surface area contributed by atoms with Gasteiger partial charge in [-0.15, -0.1) is 0 Å². The molecule has 0 saturated carbocycles. The third-order valence-corrected chi connectivity index (χ3v) is 12.3. The molecule has 3 aliphatic rings. The van der Waals surface area contributed by atoms with Crippen LogP contribution in [0.4, 0.5) is 9.59 Å². The number of hydrogen-bond acceptors (Lipinski definition) is 14. The van der Waals surface area contributed by atoms with Crippen LogP contribution < -0.4 is 25.3 Å². The molecule has 0 aromatic heterocycles. The predicted octanol–water partition coefficient (Wildman–Crippen LogP) is 5.98. The lowest BCUT2D eigenvalue weighted by Crippen LogP contribution is -2.54. The molecule has 3 aliphatic heterocycles. The number of aliphatic hydroxyl groups is 2. The summed E-state index contributed by atoms with van der Waals surface area (Å²) in [5, 5.41) is 24.5. The number of carbonyl (C=O) groups is 4. The maximum absolute atomic E-state index is 13.3. The van der Waals surface area contributed by atoms with Crippen molar-refractivity contribution in [3.05, 3.63) is 123 Å². The van der Waals surface area contributed by atoms with Crippen LogP contribution >= 0.6 is 0 Å². The molecule has 4 aromatic carbocycles. The Morgan fingerprint density at radius 2 is 1.11 bits per heavy atom. The molecular weight excluding hydrogens is 927 g/mol. The van der Waals surface area contributed by atoms with Crippen molar-refractivity contribution in [3.8, 4) is 17.2 Å². The van der Waals surface area contributed by atoms with Gasteiger partial charge in [0, 0.05) is 64.6 Å². The van der Waals surface area contributed by atoms with Crippen LogP contribution in [0.3, 0.4) is 0 Å². The number of aliphatic hydroxyl groups excluding tert-OH is 2. The highest BCUT2D eigenvalue weighted by atomic mass is 16.7. The van der Waals surface area contributed by atoms with Crippen LogP contribution in [0, 0.1) is 0 Å². The Hall–Kier alpha value is -6.44. The first-order valence-electron chi connectivity index (χ1n) is 24.1. The van der Waals surface area contributed by atoms with Crippen LogP contribution in [0.5, 0.6) is 17.2 Å². The Morgan fingerprint density at radius 3 is 1.60 bits per heavy atom. The van der Waals surface area contributed by atoms with Crippen LogP contribution in [0.2, 0.25) is 0 Å². The van der Waals surface area contributed by atoms with E-state index >= 15 is 0 Å². The predicted molar refractivity (Wildman–Crippen MR) is 268 cm³/mol. The second-order valence-electron chi connectivity index (χ2n) is 20.0. The highest BCUT2D eigenvalue weighted by Crippen LogP contribution is 2.32. The lowest BCUT2D eigenvalue weighted by atomic mass is 9.91. The summed E-state index contributed by atoms with van der Waals surface area (Å²) in [5.74, 6) is 1.59. The van der Waals surface area contributed by atoms with Crippen LogP contribution in [-0.2, 0) is 57.8 Å². The van der Waals surface area contributed by atoms with Crippen molar-refractivity contribution < 1.29 is 62.5 Å². The van der Waals surface area contributed by atoms with Gasteiger partial charge < -0.3 is 59.3 Å². The monoisotopic (exact) mass is 998 g/mol. The Bertz CT molecular complexity index is 2510. The van der Waals surface area contributed by atoms with Crippen molar-refractivity contribution in [3.63, 3.8) is 0 Å². The molecule has 18 heteroatoms. The number of methoxy groups -OCH3 is 3. The van der Waals surface area contributed by atoms with Gasteiger partial charge >= 0.3 is 12.2 Å². The third-order valence-electron chi connectivity index (χ3n) is 12.3. The standard InChI is InChI=1S/C36H43N3O8.C18H28N2O5/c1-36(2,3)47-35(43)39-21-28-17-30(46-22-44-4)13-10-24(28)18-31(39)32(40)19-37-33(41)26-6-7-27-20-38(15-14-25(27)16-26)34(42)23-8-11-29(45-5)12-9-23;1-18(2,3)25-17(22)20-10-13-7-14(24-11-23-4)6-5-12(13)8-15(20)16(21)9-19/h6-13,16-17,31-32,40H,14-15,18-22H2,1-5H3,(H,37,41);5-7,15-16,21H,8-11,19H2,1-4H3/t31-,32+;15-,16+/m00/s1. The molecule has 0 saturated heterocycles. The SMILES string of the molecule is COCOc1ccc2c(c1)CN(C(=O)OC(C)(C)C)[C@H]([C@H](O)CN)C2.COCOc1ccc2c(c1)CN(C(=O)OC(C)(C)C)[C@H]([C@H](O)CNC(=O)c1ccc3c(c1)CCN(C(=O)c1ccc(OC)cc1)C3)C2. The van der Waals surface area contributed by atoms with Crippen molar-refractivity contribution >= 4 is 24.0 Å². The van der Waals surface area contributed by atoms with Crippen molar-refractivity contribution in [2.45, 2.75) is 116 Å². The maximum Gasteiger partial charge on any atom is 0.410 e. The van der Waals surface area contributed by atoms with Gasteiger partial charge in [-0.3, -0.25) is 19.4 Å². The zero-order chi connectivity index (χ0) is 52.3. The summed E-state index contributed by atoms with van der Waals surface area (Å²) in [7, 11) is 4.68. The summed E-state index contributed by atoms with van der Waals surface area (Å²) in [5.41, 5.74) is 11.2. The first-order chi connectivity index (χ1) is 34.2. The van der Waals surface area contributed by atoms with E-state index in [1.807, 2.05) is 69.3 Å². The average Bonchev–Trinajstić information content (AvgIpc) is 3.36. The zero-order valence-corrected chi connectivity index (χ0v) is 42.9. The van der Waals surface area contributed by atoms with Crippen LogP contribution in [0.15, 0.2) is 78.9 Å². The minimum absolute atomic E-state index is 0.0558. The number of ether oxygens (including phenoxy) is 7. The molecule has 18 nitrogen and oxygen atoms in total. The number of amides is 4. The highest BCUT2D eigenvalue weighted by Gasteiger charge is 2.39. The van der Waals surface area contributed by atoms with E-state index in [1.54, 1.807) is 82.2 Å². The zero-order valence-electron chi connectivity index (χ0n) is 42.9. The van der Waals surface area contributed by atoms with Gasteiger partial charge in [0.2, 0.25) is 0 Å². The van der Waals surface area contributed by atoms with E-state index < -0.39 is 47.7 Å². The molecular formula is C54H71N5O13. The highest BCUT2D eigenvalue weighted by molar-refractivity contribution is 5.95. The minimum Gasteiger partial charge on any atom is -0.497 e. The van der Waals surface area contributed by atoms with Gasteiger partial charge in [0.05, 0.1) is 31.4 Å². The van der Waals surface area contributed by atoms with Crippen molar-refractivity contribution in [2.24, 2.45) is 5.73 Å². The van der Waals surface area contributed by atoms with Crippen LogP contribution in [0.1, 0.15) is 95.6 Å². The Morgan fingerprint density at radius 1 is 0.625 bits per heavy atom. The van der Waals surface area contributed by atoms with Crippen molar-refractivity contribution in [2.75, 3.05) is 54.5 Å². The van der Waals surface area contributed by atoms with Gasteiger partial charge in [-0.2, -0.15) is 0 Å². The van der Waals surface area contributed by atoms with E-state index in [0.29, 0.717) is 67.3 Å². The summed E-state index contributed by atoms with van der Waals surface area (Å²) in [6.07, 6.45) is -1.37. The quantitative estimate of drug-likeness (QED) is 0.107. The number of carbonyl (C=O) groups excluding carboxylic acids is 4. The normalized spacial score (nSPS) is 17.1. The van der Waals surface area contributed by atoms with E-state index in [9.17, 15) is 29.4 Å². The fourth-order valence-corrected chi connectivity index (χ4v) is 8.71. The molecule has 4 amide bonds. The summed E-state index contributed by atoms with van der Waals surface area (Å²) in [6.45, 7) is 12.6. The summed E-state index contributed by atoms with van der Waals surface area (Å²) >= 11 is 0. The summed E-state index contributed by atoms with van der Waals surface area (Å²) in [6, 6.07) is 22.8. The van der Waals surface area contributed by atoms with Gasteiger partial charge in [-0.1, -0.05) is 18.2 Å². The molecule has 5 N–H and O–H groups in total. The number of fused-ring (bicyclic) bond motifs is 3. The molecule has 3 heterocycles. The van der Waals surface area contributed by atoms with Crippen molar-refractivity contribution in [1.29, 1.82) is 0 Å². The largest absolute Gasteiger partial charge is 0.497 e. The van der Waals surface area contributed by atoms with Gasteiger partial charge in [0.15, 0.2) is 13.6 Å². The molecule has 0 unspecified atom stereocenters. The van der Waals surface area contributed by atoms with Gasteiger partial charge in [-0.05, 0) is 155 Å². The van der Waals surface area contributed by atoms with Gasteiger partial charge in [0.25, 0.3) is 11.8 Å². The van der Waals surface area contributed by atoms with E-state index in [1.165, 1.54) is 4.90 Å². The number of hydrogen-bond donors (Lipinski definition) is 4. The molecule has 0 aliphatic carbocycles. The van der Waals surface area contributed by atoms with Crippen LogP contribution in [0.25, 0.3) is 0 Å². The number of nitrogens with two attached hydrogens (primary N) is 1. The average molecular weight is 998 g/mol. The van der Waals surface area contributed by atoms with Gasteiger partial charge in [-0.25, -0.2) is 9.59 Å². The minimum atomic E-state index is -1.06. The van der Waals surface area contributed by atoms with Crippen LogP contribution in [-0.4, -0.2) is 139 Å². The molecule has 0 fully saturated rings. The number of nitrogens with one attached hydrogen (secondary N) is 1. The van der Waals surface area contributed by atoms with E-state index in [2.05, 4.69) is 5.32 Å². The molecule has 0 spiro atoms. The molecule has 4 atom stereocenters. The summed E-state index contributed by atoms with van der Waals surface area (Å²) in [4.78, 5) is 57.1. The Balaban J connectivity index is 0.000000285.